The second-order valence-corrected chi connectivity index (χ2v) is 7.23. The molecule has 1 fully saturated rings. The summed E-state index contributed by atoms with van der Waals surface area (Å²) in [7, 11) is 0. The fourth-order valence-corrected chi connectivity index (χ4v) is 4.80. The van der Waals surface area contributed by atoms with E-state index in [0.717, 1.165) is 15.5 Å². The summed E-state index contributed by atoms with van der Waals surface area (Å²) < 4.78 is 1.75. The van der Waals surface area contributed by atoms with Gasteiger partial charge in [0.05, 0.1) is 16.3 Å². The predicted octanol–water partition coefficient (Wildman–Crippen LogP) is 3.35. The van der Waals surface area contributed by atoms with E-state index in [4.69, 9.17) is 0 Å². The van der Waals surface area contributed by atoms with Gasteiger partial charge in [-0.05, 0) is 19.8 Å². The Kier molecular flexibility index (Phi) is 3.88. The predicted molar refractivity (Wildman–Crippen MR) is 79.3 cm³/mol. The third kappa shape index (κ3) is 2.69. The molecule has 0 spiro atoms. The summed E-state index contributed by atoms with van der Waals surface area (Å²) >= 11 is 3.28. The monoisotopic (exact) mass is 295 g/mol. The Morgan fingerprint density at radius 3 is 3.00 bits per heavy atom. The molecule has 1 aliphatic rings. The standard InChI is InChI=1S/C13H17N3OS2/c1-9-12(19-13-14-8-15-16(9)13)11(17)7-18-10-5-3-2-4-6-10/h8,10H,2-7H2,1H3. The van der Waals surface area contributed by atoms with Crippen molar-refractivity contribution >= 4 is 33.8 Å². The molecule has 1 saturated carbocycles. The van der Waals surface area contributed by atoms with Gasteiger partial charge in [0, 0.05) is 5.25 Å². The van der Waals surface area contributed by atoms with Crippen molar-refractivity contribution in [3.8, 4) is 0 Å². The van der Waals surface area contributed by atoms with E-state index in [1.165, 1.54) is 49.8 Å². The quantitative estimate of drug-likeness (QED) is 0.812. The molecule has 2 aromatic rings. The molecule has 2 heterocycles. The molecule has 0 saturated heterocycles. The number of Topliss-reactive ketones (excluding diaryl/α,β-unsaturated/α-hetero) is 1. The van der Waals surface area contributed by atoms with Gasteiger partial charge in [-0.1, -0.05) is 30.6 Å². The second-order valence-electron chi connectivity index (χ2n) is 4.97. The maximum Gasteiger partial charge on any atom is 0.212 e. The lowest BCUT2D eigenvalue weighted by atomic mass is 10.0. The zero-order chi connectivity index (χ0) is 13.2. The number of thiazole rings is 1. The van der Waals surface area contributed by atoms with Crippen LogP contribution in [-0.4, -0.2) is 31.4 Å². The lowest BCUT2D eigenvalue weighted by Gasteiger charge is -2.20. The van der Waals surface area contributed by atoms with E-state index in [9.17, 15) is 4.79 Å². The Hall–Kier alpha value is -0.880. The molecule has 0 bridgehead atoms. The van der Waals surface area contributed by atoms with Crippen LogP contribution in [0.5, 0.6) is 0 Å². The molecule has 0 aromatic carbocycles. The number of carbonyl (C=O) groups is 1. The summed E-state index contributed by atoms with van der Waals surface area (Å²) in [4.78, 5) is 18.1. The highest BCUT2D eigenvalue weighted by Gasteiger charge is 2.20. The van der Waals surface area contributed by atoms with Crippen molar-refractivity contribution in [1.82, 2.24) is 14.6 Å². The van der Waals surface area contributed by atoms with Gasteiger partial charge in [0.15, 0.2) is 5.78 Å². The van der Waals surface area contributed by atoms with Crippen molar-refractivity contribution < 1.29 is 4.79 Å². The summed E-state index contributed by atoms with van der Waals surface area (Å²) in [6.07, 6.45) is 8.07. The van der Waals surface area contributed by atoms with Crippen LogP contribution in [0, 0.1) is 6.92 Å². The summed E-state index contributed by atoms with van der Waals surface area (Å²) in [5.74, 6) is 0.820. The molecule has 0 aliphatic heterocycles. The van der Waals surface area contributed by atoms with Crippen LogP contribution in [0.3, 0.4) is 0 Å². The van der Waals surface area contributed by atoms with Crippen LogP contribution in [0.2, 0.25) is 0 Å². The molecule has 0 N–H and O–H groups in total. The van der Waals surface area contributed by atoms with Crippen LogP contribution in [0.4, 0.5) is 0 Å². The summed E-state index contributed by atoms with van der Waals surface area (Å²) in [5, 5.41) is 4.81. The number of hydrogen-bond acceptors (Lipinski definition) is 5. The molecule has 0 radical (unpaired) electrons. The largest absolute Gasteiger partial charge is 0.292 e. The number of thioether (sulfide) groups is 1. The van der Waals surface area contributed by atoms with E-state index in [1.54, 1.807) is 4.52 Å². The Bertz CT molecular complexity index is 584. The minimum Gasteiger partial charge on any atom is -0.292 e. The van der Waals surface area contributed by atoms with Crippen LogP contribution in [0.15, 0.2) is 6.33 Å². The smallest absolute Gasteiger partial charge is 0.212 e. The first-order valence-corrected chi connectivity index (χ1v) is 8.56. The van der Waals surface area contributed by atoms with Gasteiger partial charge in [0.1, 0.15) is 6.33 Å². The van der Waals surface area contributed by atoms with Gasteiger partial charge < -0.3 is 0 Å². The Morgan fingerprint density at radius 1 is 1.47 bits per heavy atom. The number of hydrogen-bond donors (Lipinski definition) is 0. The number of fused-ring (bicyclic) bond motifs is 1. The van der Waals surface area contributed by atoms with Crippen molar-refractivity contribution in [3.63, 3.8) is 0 Å². The van der Waals surface area contributed by atoms with E-state index in [2.05, 4.69) is 10.1 Å². The van der Waals surface area contributed by atoms with Gasteiger partial charge >= 0.3 is 0 Å². The van der Waals surface area contributed by atoms with Crippen molar-refractivity contribution in [2.75, 3.05) is 5.75 Å². The molecular weight excluding hydrogens is 278 g/mol. The van der Waals surface area contributed by atoms with Crippen LogP contribution in [0.1, 0.15) is 47.5 Å². The highest BCUT2D eigenvalue weighted by atomic mass is 32.2. The number of carbonyl (C=O) groups excluding carboxylic acids is 1. The molecule has 0 atom stereocenters. The summed E-state index contributed by atoms with van der Waals surface area (Å²) in [6.45, 7) is 1.94. The zero-order valence-corrected chi connectivity index (χ0v) is 12.6. The molecule has 0 unspecified atom stereocenters. The summed E-state index contributed by atoms with van der Waals surface area (Å²) in [6, 6.07) is 0. The lowest BCUT2D eigenvalue weighted by Crippen LogP contribution is -2.12. The number of aryl methyl sites for hydroxylation is 1. The SMILES string of the molecule is Cc1c(C(=O)CSC2CCCCC2)sc2ncnn12. The molecule has 1 aliphatic carbocycles. The minimum atomic E-state index is 0.227. The fourth-order valence-electron chi connectivity index (χ4n) is 2.54. The minimum absolute atomic E-state index is 0.227. The Balaban J connectivity index is 1.66. The van der Waals surface area contributed by atoms with Crippen molar-refractivity contribution in [2.24, 2.45) is 0 Å². The van der Waals surface area contributed by atoms with Crippen molar-refractivity contribution in [3.05, 3.63) is 16.9 Å². The van der Waals surface area contributed by atoms with E-state index in [1.807, 2.05) is 18.7 Å². The van der Waals surface area contributed by atoms with Gasteiger partial charge in [0.25, 0.3) is 0 Å². The molecular formula is C13H17N3OS2. The van der Waals surface area contributed by atoms with Crippen molar-refractivity contribution in [2.45, 2.75) is 44.3 Å². The zero-order valence-electron chi connectivity index (χ0n) is 11.0. The number of rotatable bonds is 4. The average Bonchev–Trinajstić information content (AvgIpc) is 3.01. The van der Waals surface area contributed by atoms with Crippen LogP contribution in [0.25, 0.3) is 4.96 Å². The Morgan fingerprint density at radius 2 is 2.26 bits per heavy atom. The molecule has 2 aromatic heterocycles. The van der Waals surface area contributed by atoms with E-state index in [0.29, 0.717) is 11.0 Å². The van der Waals surface area contributed by atoms with Crippen LogP contribution >= 0.6 is 23.1 Å². The highest BCUT2D eigenvalue weighted by molar-refractivity contribution is 8.00. The topological polar surface area (TPSA) is 47.3 Å². The molecule has 3 rings (SSSR count). The first kappa shape index (κ1) is 13.1. The normalized spacial score (nSPS) is 17.1. The van der Waals surface area contributed by atoms with E-state index < -0.39 is 0 Å². The van der Waals surface area contributed by atoms with Crippen LogP contribution in [-0.2, 0) is 0 Å². The molecule has 102 valence electrons. The van der Waals surface area contributed by atoms with Gasteiger partial charge in [-0.3, -0.25) is 4.79 Å². The van der Waals surface area contributed by atoms with E-state index >= 15 is 0 Å². The van der Waals surface area contributed by atoms with Gasteiger partial charge in [0.2, 0.25) is 4.96 Å². The number of nitrogens with zero attached hydrogens (tertiary/aromatic N) is 3. The van der Waals surface area contributed by atoms with Crippen LogP contribution < -0.4 is 0 Å². The lowest BCUT2D eigenvalue weighted by molar-refractivity contribution is 0.102. The first-order chi connectivity index (χ1) is 9.25. The van der Waals surface area contributed by atoms with Gasteiger partial charge in [-0.15, -0.1) is 0 Å². The second kappa shape index (κ2) is 5.63. The maximum absolute atomic E-state index is 12.3. The third-order valence-corrected chi connectivity index (χ3v) is 6.17. The average molecular weight is 295 g/mol. The maximum atomic E-state index is 12.3. The fraction of sp³-hybridized carbons (Fsp3) is 0.615. The Labute approximate surface area is 120 Å². The third-order valence-electron chi connectivity index (χ3n) is 3.61. The first-order valence-electron chi connectivity index (χ1n) is 6.69. The van der Waals surface area contributed by atoms with Gasteiger partial charge in [-0.2, -0.15) is 16.9 Å². The number of aromatic nitrogens is 3. The van der Waals surface area contributed by atoms with Gasteiger partial charge in [-0.25, -0.2) is 9.50 Å². The summed E-state index contributed by atoms with van der Waals surface area (Å²) in [5.41, 5.74) is 0.923. The molecule has 0 amide bonds. The van der Waals surface area contributed by atoms with Crippen molar-refractivity contribution in [1.29, 1.82) is 0 Å². The molecule has 4 nitrogen and oxygen atoms in total. The molecule has 6 heteroatoms. The molecule has 19 heavy (non-hydrogen) atoms. The highest BCUT2D eigenvalue weighted by Crippen LogP contribution is 2.30. The van der Waals surface area contributed by atoms with E-state index in [-0.39, 0.29) is 5.78 Å². The number of ketones is 1.